The fourth-order valence-electron chi connectivity index (χ4n) is 4.80. The van der Waals surface area contributed by atoms with E-state index in [9.17, 15) is 39.0 Å². The number of carboxylic acid groups (broad SMARTS) is 2. The number of H-pyrrole nitrogens is 2. The van der Waals surface area contributed by atoms with E-state index in [-0.39, 0.29) is 76.3 Å². The van der Waals surface area contributed by atoms with E-state index in [0.717, 1.165) is 32.9 Å². The Balaban J connectivity index is 0.000000347. The Labute approximate surface area is 313 Å². The van der Waals surface area contributed by atoms with Gasteiger partial charge in [0.2, 0.25) is 23.6 Å². The first kappa shape index (κ1) is 37.3. The van der Waals surface area contributed by atoms with Crippen LogP contribution in [-0.4, -0.2) is 107 Å². The van der Waals surface area contributed by atoms with Crippen molar-refractivity contribution in [1.29, 1.82) is 0 Å². The summed E-state index contributed by atoms with van der Waals surface area (Å²) >= 11 is 0. The number of hydrogen-bond donors (Lipinski definition) is 8. The molecule has 0 aliphatic carbocycles. The maximum absolute atomic E-state index is 11.9. The van der Waals surface area contributed by atoms with Crippen molar-refractivity contribution in [2.75, 3.05) is 0 Å². The van der Waals surface area contributed by atoms with Crippen LogP contribution in [0, 0.1) is 0 Å². The number of para-hydroxylation sites is 2. The van der Waals surface area contributed by atoms with Crippen molar-refractivity contribution >= 4 is 95.1 Å². The first-order chi connectivity index (χ1) is 23.8. The molecule has 256 valence electrons. The van der Waals surface area contributed by atoms with Crippen LogP contribution >= 0.6 is 0 Å². The van der Waals surface area contributed by atoms with Crippen molar-refractivity contribution < 1.29 is 41.8 Å². The SMILES string of the molecule is [2H]N[C@H](CCC(=O)N[C@@H](Cc1c[nH]c2ccccc12)C(=O)[O-])C(N)=O.[2H]N[C@H](CCC(=O)N[C@@H](Cc1c[nH]c2ccccc12)C(=O)[O-])C(N)=O.[Ca+2]. The molecule has 0 saturated carbocycles. The van der Waals surface area contributed by atoms with E-state index in [2.05, 4.69) is 20.6 Å². The maximum Gasteiger partial charge on any atom is 2.00 e. The molecule has 0 saturated heterocycles. The summed E-state index contributed by atoms with van der Waals surface area (Å²) in [5, 5.41) is 29.2. The van der Waals surface area contributed by atoms with Gasteiger partial charge in [-0.25, -0.2) is 0 Å². The number of amides is 4. The average Bonchev–Trinajstić information content (AvgIpc) is 3.68. The molecule has 0 aliphatic rings. The molecule has 0 bridgehead atoms. The molecule has 0 unspecified atom stereocenters. The number of aromatic amines is 2. The van der Waals surface area contributed by atoms with E-state index < -0.39 is 59.7 Å². The van der Waals surface area contributed by atoms with Crippen LogP contribution in [0.1, 0.15) is 36.8 Å². The Morgan fingerprint density at radius 3 is 1.37 bits per heavy atom. The van der Waals surface area contributed by atoms with Gasteiger partial charge in [-0.05, 0) is 36.1 Å². The van der Waals surface area contributed by atoms with E-state index in [4.69, 9.17) is 14.3 Å². The Bertz CT molecular complexity index is 1690. The molecule has 2 heterocycles. The zero-order valence-corrected chi connectivity index (χ0v) is 28.7. The second kappa shape index (κ2) is 19.5. The molecule has 4 rings (SSSR count). The Kier molecular flexibility index (Phi) is 14.9. The van der Waals surface area contributed by atoms with Crippen molar-refractivity contribution in [3.63, 3.8) is 0 Å². The summed E-state index contributed by atoms with van der Waals surface area (Å²) in [6, 6.07) is 10.5. The fourth-order valence-corrected chi connectivity index (χ4v) is 4.80. The van der Waals surface area contributed by atoms with E-state index in [0.29, 0.717) is 0 Å². The Morgan fingerprint density at radius 2 is 1.04 bits per heavy atom. The van der Waals surface area contributed by atoms with Crippen molar-refractivity contribution in [3.8, 4) is 0 Å². The summed E-state index contributed by atoms with van der Waals surface area (Å²) in [6.07, 6.45) is 3.23. The van der Waals surface area contributed by atoms with Crippen LogP contribution in [0.5, 0.6) is 0 Å². The van der Waals surface area contributed by atoms with Gasteiger partial charge in [0, 0.05) is 59.9 Å². The largest absolute Gasteiger partial charge is 2.00 e. The van der Waals surface area contributed by atoms with E-state index in [1.807, 2.05) is 60.0 Å². The van der Waals surface area contributed by atoms with Crippen LogP contribution in [-0.2, 0) is 41.6 Å². The van der Waals surface area contributed by atoms with Crippen LogP contribution < -0.4 is 43.8 Å². The van der Waals surface area contributed by atoms with Gasteiger partial charge in [-0.15, -0.1) is 0 Å². The molecule has 4 aromatic rings. The molecular formula is C32H38CaN8O8. The van der Waals surface area contributed by atoms with Gasteiger partial charge in [0.1, 0.15) is 2.82 Å². The second-order valence-electron chi connectivity index (χ2n) is 11.0. The van der Waals surface area contributed by atoms with Crippen molar-refractivity contribution in [1.82, 2.24) is 20.6 Å². The number of carbonyl (C=O) groups excluding carboxylic acids is 6. The molecule has 0 spiro atoms. The molecule has 4 amide bonds. The normalized spacial score (nSPS) is 13.6. The minimum atomic E-state index is -1.40. The monoisotopic (exact) mass is 704 g/mol. The summed E-state index contributed by atoms with van der Waals surface area (Å²) in [7, 11) is 0. The van der Waals surface area contributed by atoms with Crippen LogP contribution in [0.15, 0.2) is 60.9 Å². The number of carboxylic acids is 2. The molecule has 4 atom stereocenters. The molecule has 0 radical (unpaired) electrons. The number of aromatic nitrogens is 2. The van der Waals surface area contributed by atoms with Gasteiger partial charge in [-0.1, -0.05) is 36.4 Å². The molecule has 0 fully saturated rings. The number of benzene rings is 2. The molecule has 17 heteroatoms. The van der Waals surface area contributed by atoms with Crippen LogP contribution in [0.3, 0.4) is 0 Å². The second-order valence-corrected chi connectivity index (χ2v) is 11.0. The predicted octanol–water partition coefficient (Wildman–Crippen LogP) is -3.30. The summed E-state index contributed by atoms with van der Waals surface area (Å²) in [5.74, 6) is -5.42. The number of nitrogens with two attached hydrogens (primary N) is 4. The van der Waals surface area contributed by atoms with Gasteiger partial charge in [-0.2, -0.15) is 0 Å². The zero-order valence-electron chi connectivity index (χ0n) is 28.5. The van der Waals surface area contributed by atoms with Crippen LogP contribution in [0.4, 0.5) is 0 Å². The quantitative estimate of drug-likeness (QED) is 0.0477. The summed E-state index contributed by atoms with van der Waals surface area (Å²) in [6.45, 7) is 0. The summed E-state index contributed by atoms with van der Waals surface area (Å²) < 4.78 is 13.9. The van der Waals surface area contributed by atoms with Gasteiger partial charge in [-0.3, -0.25) is 19.2 Å². The number of nitrogens with one attached hydrogen (secondary N) is 4. The van der Waals surface area contributed by atoms with Crippen molar-refractivity contribution in [2.45, 2.75) is 62.7 Å². The number of hydrogen-bond acceptors (Lipinski definition) is 10. The van der Waals surface area contributed by atoms with Crippen LogP contribution in [0.25, 0.3) is 21.8 Å². The van der Waals surface area contributed by atoms with E-state index in [1.54, 1.807) is 12.4 Å². The Morgan fingerprint density at radius 1 is 0.673 bits per heavy atom. The first-order valence-electron chi connectivity index (χ1n) is 15.9. The smallest absolute Gasteiger partial charge is 0.548 e. The van der Waals surface area contributed by atoms with Gasteiger partial charge in [0.25, 0.3) is 0 Å². The van der Waals surface area contributed by atoms with Gasteiger partial charge in [0.15, 0.2) is 0 Å². The number of rotatable bonds is 18. The van der Waals surface area contributed by atoms with Gasteiger partial charge >= 0.3 is 37.7 Å². The number of fused-ring (bicyclic) bond motifs is 2. The van der Waals surface area contributed by atoms with Crippen molar-refractivity contribution in [2.24, 2.45) is 22.9 Å². The van der Waals surface area contributed by atoms with Crippen LogP contribution in [0.2, 0.25) is 2.82 Å². The molecule has 0 aliphatic heterocycles. The average molecular weight is 705 g/mol. The first-order valence-corrected chi connectivity index (χ1v) is 14.9. The van der Waals surface area contributed by atoms with Gasteiger partial charge in [0.05, 0.1) is 36.1 Å². The van der Waals surface area contributed by atoms with E-state index in [1.165, 1.54) is 0 Å². The minimum absolute atomic E-state index is 0. The minimum Gasteiger partial charge on any atom is -0.548 e. The molecule has 16 nitrogen and oxygen atoms in total. The fraction of sp³-hybridized carbons (Fsp3) is 0.312. The number of primary amides is 2. The molecular weight excluding hydrogens is 664 g/mol. The molecule has 2 aromatic carbocycles. The van der Waals surface area contributed by atoms with Gasteiger partial charge < -0.3 is 63.3 Å². The topological polar surface area (TPSA) is 308 Å². The summed E-state index contributed by atoms with van der Waals surface area (Å²) in [5.41, 5.74) is 17.3. The summed E-state index contributed by atoms with van der Waals surface area (Å²) in [4.78, 5) is 74.7. The Hall–Kier alpha value is -4.48. The number of carbonyl (C=O) groups is 6. The predicted molar refractivity (Wildman–Crippen MR) is 176 cm³/mol. The molecule has 2 aromatic heterocycles. The maximum atomic E-state index is 11.9. The third kappa shape index (κ3) is 12.5. The molecule has 12 N–H and O–H groups in total. The van der Waals surface area contributed by atoms with Crippen molar-refractivity contribution in [3.05, 3.63) is 72.1 Å². The van der Waals surface area contributed by atoms with E-state index >= 15 is 0 Å². The molecule has 49 heavy (non-hydrogen) atoms. The number of aliphatic carboxylic acids is 2. The third-order valence-electron chi connectivity index (χ3n) is 7.44. The standard InChI is InChI=1S/2C16H20N4O4.Ca/c2*17-11(15(18)22)5-6-14(21)20-13(16(23)24)7-9-8-19-12-4-2-1-3-10(9)12;/h2*1-4,8,11,13,19H,5-7,17H2,(H2,18,22)(H,20,21)(H,23,24);/q;;+2/p-2/t2*11-,13+;/m11./s1/i/hD2. The third-order valence-corrected chi connectivity index (χ3v) is 7.44. The zero-order chi connectivity index (χ0) is 36.8.